The molecule has 1 unspecified atom stereocenters. The fourth-order valence-corrected chi connectivity index (χ4v) is 4.54. The van der Waals surface area contributed by atoms with Crippen LogP contribution < -0.4 is 4.90 Å². The van der Waals surface area contributed by atoms with E-state index < -0.39 is 17.0 Å². The number of hydrogen-bond donors (Lipinski definition) is 1. The second-order valence-electron chi connectivity index (χ2n) is 6.40. The highest BCUT2D eigenvalue weighted by Gasteiger charge is 2.28. The topological polar surface area (TPSA) is 74.0 Å². The highest BCUT2D eigenvalue weighted by molar-refractivity contribution is 7.81. The first-order valence-corrected chi connectivity index (χ1v) is 10.0. The fourth-order valence-electron chi connectivity index (χ4n) is 3.81. The Morgan fingerprint density at radius 2 is 2.12 bits per heavy atom. The summed E-state index contributed by atoms with van der Waals surface area (Å²) in [5.74, 6) is -0.932. The normalized spacial score (nSPS) is 17.7. The Bertz CT molecular complexity index is 809. The van der Waals surface area contributed by atoms with Crippen LogP contribution in [0.25, 0.3) is 11.0 Å². The molecule has 0 radical (unpaired) electrons. The molecule has 1 fully saturated rings. The molecule has 7 heteroatoms. The fraction of sp³-hybridized carbons (Fsp3) is 0.500. The van der Waals surface area contributed by atoms with E-state index in [1.54, 1.807) is 12.3 Å². The zero-order valence-corrected chi connectivity index (χ0v) is 15.6. The van der Waals surface area contributed by atoms with Crippen molar-refractivity contribution in [1.29, 1.82) is 0 Å². The van der Waals surface area contributed by atoms with Crippen LogP contribution in [-0.4, -0.2) is 51.5 Å². The van der Waals surface area contributed by atoms with Gasteiger partial charge in [0.1, 0.15) is 5.58 Å². The number of rotatable bonds is 5. The van der Waals surface area contributed by atoms with Gasteiger partial charge in [-0.1, -0.05) is 0 Å². The number of aromatic carboxylic acids is 1. The van der Waals surface area contributed by atoms with E-state index in [1.165, 1.54) is 6.26 Å². The lowest BCUT2D eigenvalue weighted by atomic mass is 9.98. The van der Waals surface area contributed by atoms with E-state index in [2.05, 4.69) is 11.8 Å². The molecular formula is C18H24N2O4S. The molecule has 136 valence electrons. The predicted octanol–water partition coefficient (Wildman–Crippen LogP) is 3.02. The minimum Gasteiger partial charge on any atom is -0.478 e. The molecule has 0 saturated carbocycles. The number of hydrogen-bond acceptors (Lipinski definition) is 4. The number of anilines is 1. The second kappa shape index (κ2) is 7.17. The van der Waals surface area contributed by atoms with Crippen LogP contribution in [0.4, 0.5) is 5.69 Å². The molecule has 1 saturated heterocycles. The van der Waals surface area contributed by atoms with E-state index in [0.717, 1.165) is 43.7 Å². The maximum absolute atomic E-state index is 11.8. The number of piperidine rings is 1. The van der Waals surface area contributed by atoms with Crippen molar-refractivity contribution in [3.63, 3.8) is 0 Å². The number of carboxylic acids is 1. The SMILES string of the molecule is CCN(c1cc2occc2c(C(=O)O)c1C)C1CCN(S(C)=O)CC1. The summed E-state index contributed by atoms with van der Waals surface area (Å²) in [7, 11) is -0.932. The van der Waals surface area contributed by atoms with Gasteiger partial charge in [-0.15, -0.1) is 0 Å². The van der Waals surface area contributed by atoms with E-state index in [1.807, 2.05) is 17.3 Å². The lowest BCUT2D eigenvalue weighted by Gasteiger charge is -2.39. The van der Waals surface area contributed by atoms with Crippen molar-refractivity contribution in [2.75, 3.05) is 30.8 Å². The summed E-state index contributed by atoms with van der Waals surface area (Å²) in [6.45, 7) is 6.31. The van der Waals surface area contributed by atoms with E-state index in [4.69, 9.17) is 4.42 Å². The van der Waals surface area contributed by atoms with Gasteiger partial charge in [-0.3, -0.25) is 0 Å². The third kappa shape index (κ3) is 3.30. The van der Waals surface area contributed by atoms with Gasteiger partial charge in [0.05, 0.1) is 22.8 Å². The Morgan fingerprint density at radius 3 is 2.68 bits per heavy atom. The first-order chi connectivity index (χ1) is 11.9. The van der Waals surface area contributed by atoms with E-state index >= 15 is 0 Å². The molecule has 1 N–H and O–H groups in total. The van der Waals surface area contributed by atoms with Gasteiger partial charge < -0.3 is 14.4 Å². The Kier molecular flexibility index (Phi) is 5.15. The van der Waals surface area contributed by atoms with Crippen LogP contribution in [0.3, 0.4) is 0 Å². The van der Waals surface area contributed by atoms with Gasteiger partial charge in [0.15, 0.2) is 0 Å². The molecule has 1 aliphatic rings. The summed E-state index contributed by atoms with van der Waals surface area (Å²) in [5, 5.41) is 10.3. The zero-order chi connectivity index (χ0) is 18.1. The first-order valence-electron chi connectivity index (χ1n) is 8.53. The molecule has 25 heavy (non-hydrogen) atoms. The summed E-state index contributed by atoms with van der Waals surface area (Å²) in [4.78, 5) is 14.1. The van der Waals surface area contributed by atoms with Gasteiger partial charge in [-0.05, 0) is 38.3 Å². The minimum atomic E-state index is -0.932. The quantitative estimate of drug-likeness (QED) is 0.883. The number of furan rings is 1. The molecule has 1 atom stereocenters. The molecule has 2 aromatic rings. The van der Waals surface area contributed by atoms with Gasteiger partial charge in [0, 0.05) is 49.1 Å². The van der Waals surface area contributed by atoms with Gasteiger partial charge in [0.25, 0.3) is 0 Å². The summed E-state index contributed by atoms with van der Waals surface area (Å²) >= 11 is 0. The number of fused-ring (bicyclic) bond motifs is 1. The lowest BCUT2D eigenvalue weighted by Crippen LogP contribution is -2.45. The molecule has 0 aliphatic carbocycles. The minimum absolute atomic E-state index is 0.303. The molecule has 1 aromatic carbocycles. The Balaban J connectivity index is 1.97. The Labute approximate surface area is 150 Å². The van der Waals surface area contributed by atoms with Crippen LogP contribution in [0, 0.1) is 6.92 Å². The first kappa shape index (κ1) is 17.9. The van der Waals surface area contributed by atoms with Crippen LogP contribution in [0.5, 0.6) is 0 Å². The molecule has 0 bridgehead atoms. The molecule has 0 spiro atoms. The van der Waals surface area contributed by atoms with Crippen LogP contribution in [-0.2, 0) is 11.0 Å². The van der Waals surface area contributed by atoms with E-state index in [9.17, 15) is 14.1 Å². The monoisotopic (exact) mass is 364 g/mol. The molecule has 1 aliphatic heterocycles. The molecule has 2 heterocycles. The van der Waals surface area contributed by atoms with E-state index in [-0.39, 0.29) is 0 Å². The predicted molar refractivity (Wildman–Crippen MR) is 99.6 cm³/mol. The number of carboxylic acid groups (broad SMARTS) is 1. The summed E-state index contributed by atoms with van der Waals surface area (Å²) in [5.41, 5.74) is 2.60. The maximum Gasteiger partial charge on any atom is 0.336 e. The molecule has 6 nitrogen and oxygen atoms in total. The Hall–Kier alpha value is -1.86. The van der Waals surface area contributed by atoms with Crippen molar-refractivity contribution in [3.05, 3.63) is 29.5 Å². The second-order valence-corrected chi connectivity index (χ2v) is 7.77. The van der Waals surface area contributed by atoms with Crippen molar-refractivity contribution < 1.29 is 18.5 Å². The highest BCUT2D eigenvalue weighted by atomic mass is 32.2. The van der Waals surface area contributed by atoms with Gasteiger partial charge in [-0.2, -0.15) is 0 Å². The third-order valence-electron chi connectivity index (χ3n) is 5.08. The molecular weight excluding hydrogens is 340 g/mol. The summed E-state index contributed by atoms with van der Waals surface area (Å²) in [6.07, 6.45) is 5.06. The molecule has 0 amide bonds. The largest absolute Gasteiger partial charge is 0.478 e. The third-order valence-corrected chi connectivity index (χ3v) is 6.18. The van der Waals surface area contributed by atoms with Crippen molar-refractivity contribution >= 4 is 33.6 Å². The number of nitrogens with zero attached hydrogens (tertiary/aromatic N) is 2. The van der Waals surface area contributed by atoms with Crippen molar-refractivity contribution in [2.24, 2.45) is 0 Å². The smallest absolute Gasteiger partial charge is 0.336 e. The van der Waals surface area contributed by atoms with Gasteiger partial charge >= 0.3 is 5.97 Å². The Morgan fingerprint density at radius 1 is 1.44 bits per heavy atom. The summed E-state index contributed by atoms with van der Waals surface area (Å²) in [6, 6.07) is 3.96. The van der Waals surface area contributed by atoms with Crippen molar-refractivity contribution in [1.82, 2.24) is 4.31 Å². The highest BCUT2D eigenvalue weighted by Crippen LogP contribution is 2.34. The maximum atomic E-state index is 11.8. The van der Waals surface area contributed by atoms with Crippen LogP contribution in [0.1, 0.15) is 35.7 Å². The van der Waals surface area contributed by atoms with Crippen molar-refractivity contribution in [2.45, 2.75) is 32.7 Å². The molecule has 1 aromatic heterocycles. The summed E-state index contributed by atoms with van der Waals surface area (Å²) < 4.78 is 19.1. The van der Waals surface area contributed by atoms with Crippen LogP contribution in [0.15, 0.2) is 22.8 Å². The molecule has 3 rings (SSSR count). The van der Waals surface area contributed by atoms with Crippen LogP contribution >= 0.6 is 0 Å². The lowest BCUT2D eigenvalue weighted by molar-refractivity contribution is 0.0698. The van der Waals surface area contributed by atoms with E-state index in [0.29, 0.717) is 22.6 Å². The number of benzene rings is 1. The van der Waals surface area contributed by atoms with Gasteiger partial charge in [0.2, 0.25) is 0 Å². The zero-order valence-electron chi connectivity index (χ0n) is 14.8. The van der Waals surface area contributed by atoms with Gasteiger partial charge in [-0.25, -0.2) is 13.3 Å². The number of carbonyl (C=O) groups is 1. The average molecular weight is 364 g/mol. The van der Waals surface area contributed by atoms with Crippen LogP contribution in [0.2, 0.25) is 0 Å². The standard InChI is InChI=1S/C18H24N2O4S/c1-4-20(13-5-8-19(9-6-13)25(3)23)15-11-16-14(7-10-24-16)17(12(15)2)18(21)22/h7,10-11,13H,4-6,8-9H2,1-3H3,(H,21,22). The van der Waals surface area contributed by atoms with Crippen molar-refractivity contribution in [3.8, 4) is 0 Å². The average Bonchev–Trinajstić information content (AvgIpc) is 3.03.